The molecule has 1 N–H and O–H groups in total. The van der Waals surface area contributed by atoms with Gasteiger partial charge in [-0.3, -0.25) is 9.48 Å². The van der Waals surface area contributed by atoms with Crippen LogP contribution in [-0.4, -0.2) is 57.0 Å². The first kappa shape index (κ1) is 17.0. The molecule has 1 amide bonds. The van der Waals surface area contributed by atoms with Gasteiger partial charge in [-0.25, -0.2) is 4.79 Å². The van der Waals surface area contributed by atoms with E-state index in [0.717, 1.165) is 18.5 Å². The van der Waals surface area contributed by atoms with Crippen molar-refractivity contribution >= 4 is 11.9 Å². The summed E-state index contributed by atoms with van der Waals surface area (Å²) in [5.41, 5.74) is 1.48. The van der Waals surface area contributed by atoms with E-state index in [1.807, 2.05) is 7.05 Å². The van der Waals surface area contributed by atoms with E-state index < -0.39 is 12.1 Å². The van der Waals surface area contributed by atoms with Gasteiger partial charge in [0.25, 0.3) is 5.91 Å². The second-order valence-corrected chi connectivity index (χ2v) is 6.92. The van der Waals surface area contributed by atoms with Gasteiger partial charge in [0.2, 0.25) is 0 Å². The number of aromatic nitrogens is 2. The molecule has 7 nitrogen and oxygen atoms in total. The van der Waals surface area contributed by atoms with Crippen LogP contribution in [0.2, 0.25) is 0 Å². The summed E-state index contributed by atoms with van der Waals surface area (Å²) in [6, 6.07) is 0. The molecule has 1 aliphatic carbocycles. The summed E-state index contributed by atoms with van der Waals surface area (Å²) in [6.07, 6.45) is 6.22. The maximum atomic E-state index is 13.0. The maximum absolute atomic E-state index is 13.0. The third kappa shape index (κ3) is 3.45. The van der Waals surface area contributed by atoms with E-state index >= 15 is 0 Å². The molecular weight excluding hydrogens is 310 g/mol. The van der Waals surface area contributed by atoms with E-state index in [1.54, 1.807) is 22.7 Å². The number of carbonyl (C=O) groups is 2. The van der Waals surface area contributed by atoms with Gasteiger partial charge in [-0.1, -0.05) is 19.3 Å². The van der Waals surface area contributed by atoms with Crippen molar-refractivity contribution in [3.63, 3.8) is 0 Å². The van der Waals surface area contributed by atoms with Crippen LogP contribution in [0.25, 0.3) is 0 Å². The smallest absolute Gasteiger partial charge is 0.334 e. The molecule has 2 heterocycles. The lowest BCUT2D eigenvalue weighted by molar-refractivity contribution is -0.160. The SMILES string of the molecule is C[C@@H]1CN(C(=O)c2cn(C)nc2C2CCCCC2)CC(C(=O)O)O1. The van der Waals surface area contributed by atoms with Gasteiger partial charge >= 0.3 is 5.97 Å². The number of amides is 1. The summed E-state index contributed by atoms with van der Waals surface area (Å²) in [5.74, 6) is -0.837. The average molecular weight is 335 g/mol. The number of rotatable bonds is 3. The van der Waals surface area contributed by atoms with Crippen molar-refractivity contribution in [2.24, 2.45) is 7.05 Å². The highest BCUT2D eigenvalue weighted by molar-refractivity contribution is 5.95. The summed E-state index contributed by atoms with van der Waals surface area (Å²) in [7, 11) is 1.82. The third-order valence-electron chi connectivity index (χ3n) is 4.90. The van der Waals surface area contributed by atoms with Crippen LogP contribution in [-0.2, 0) is 16.6 Å². The summed E-state index contributed by atoms with van der Waals surface area (Å²) >= 11 is 0. The Labute approximate surface area is 141 Å². The van der Waals surface area contributed by atoms with E-state index in [2.05, 4.69) is 5.10 Å². The number of carbonyl (C=O) groups excluding carboxylic acids is 1. The number of ether oxygens (including phenoxy) is 1. The minimum Gasteiger partial charge on any atom is -0.479 e. The van der Waals surface area contributed by atoms with Crippen LogP contribution in [0.1, 0.15) is 61.0 Å². The van der Waals surface area contributed by atoms with Gasteiger partial charge in [0.1, 0.15) is 0 Å². The lowest BCUT2D eigenvalue weighted by Crippen LogP contribution is -2.51. The Morgan fingerprint density at radius 1 is 1.25 bits per heavy atom. The molecule has 2 fully saturated rings. The van der Waals surface area contributed by atoms with Crippen LogP contribution in [0.3, 0.4) is 0 Å². The van der Waals surface area contributed by atoms with Gasteiger partial charge in [-0.15, -0.1) is 0 Å². The summed E-state index contributed by atoms with van der Waals surface area (Å²) in [6.45, 7) is 2.28. The summed E-state index contributed by atoms with van der Waals surface area (Å²) in [5, 5.41) is 13.8. The summed E-state index contributed by atoms with van der Waals surface area (Å²) in [4.78, 5) is 25.9. The van der Waals surface area contributed by atoms with Gasteiger partial charge < -0.3 is 14.7 Å². The van der Waals surface area contributed by atoms with E-state index in [1.165, 1.54) is 19.3 Å². The van der Waals surface area contributed by atoms with Gasteiger partial charge in [0.05, 0.1) is 23.9 Å². The molecule has 1 saturated heterocycles. The van der Waals surface area contributed by atoms with Crippen molar-refractivity contribution in [3.8, 4) is 0 Å². The Morgan fingerprint density at radius 3 is 2.62 bits per heavy atom. The molecule has 1 unspecified atom stereocenters. The van der Waals surface area contributed by atoms with Crippen LogP contribution in [0.5, 0.6) is 0 Å². The molecule has 132 valence electrons. The Kier molecular flexibility index (Phi) is 4.89. The molecule has 0 aromatic carbocycles. The van der Waals surface area contributed by atoms with Crippen molar-refractivity contribution in [2.45, 2.75) is 57.2 Å². The molecule has 1 aromatic heterocycles. The highest BCUT2D eigenvalue weighted by Crippen LogP contribution is 2.34. The second-order valence-electron chi connectivity index (χ2n) is 6.92. The lowest BCUT2D eigenvalue weighted by Gasteiger charge is -2.35. The van der Waals surface area contributed by atoms with Crippen LogP contribution in [0, 0.1) is 0 Å². The normalized spacial score (nSPS) is 25.7. The molecule has 2 aliphatic rings. The van der Waals surface area contributed by atoms with Crippen LogP contribution >= 0.6 is 0 Å². The molecule has 2 atom stereocenters. The number of hydrogen-bond acceptors (Lipinski definition) is 4. The lowest BCUT2D eigenvalue weighted by atomic mass is 9.85. The van der Waals surface area contributed by atoms with Gasteiger partial charge in [-0.2, -0.15) is 5.10 Å². The van der Waals surface area contributed by atoms with Crippen molar-refractivity contribution in [1.82, 2.24) is 14.7 Å². The molecule has 1 aromatic rings. The number of carboxylic acids is 1. The molecule has 0 spiro atoms. The van der Waals surface area contributed by atoms with Gasteiger partial charge in [0.15, 0.2) is 6.10 Å². The zero-order valence-corrected chi connectivity index (χ0v) is 14.3. The number of nitrogens with zero attached hydrogens (tertiary/aromatic N) is 3. The van der Waals surface area contributed by atoms with Crippen LogP contribution in [0.4, 0.5) is 0 Å². The third-order valence-corrected chi connectivity index (χ3v) is 4.90. The fourth-order valence-electron chi connectivity index (χ4n) is 3.77. The summed E-state index contributed by atoms with van der Waals surface area (Å²) < 4.78 is 7.09. The zero-order chi connectivity index (χ0) is 17.3. The molecule has 1 aliphatic heterocycles. The number of aryl methyl sites for hydroxylation is 1. The standard InChI is InChI=1S/C17H25N3O4/c1-11-8-20(10-14(24-11)17(22)23)16(21)13-9-19(2)18-15(13)12-6-4-3-5-7-12/h9,11-12,14H,3-8,10H2,1-2H3,(H,22,23)/t11-,14?/m1/s1. The van der Waals surface area contributed by atoms with Gasteiger partial charge in [0, 0.05) is 25.7 Å². The minimum atomic E-state index is -1.03. The van der Waals surface area contributed by atoms with E-state index in [4.69, 9.17) is 4.74 Å². The number of carboxylic acid groups (broad SMARTS) is 1. The first-order valence-electron chi connectivity index (χ1n) is 8.66. The van der Waals surface area contributed by atoms with Crippen molar-refractivity contribution < 1.29 is 19.4 Å². The van der Waals surface area contributed by atoms with E-state index in [0.29, 0.717) is 18.0 Å². The maximum Gasteiger partial charge on any atom is 0.334 e. The van der Waals surface area contributed by atoms with E-state index in [-0.39, 0.29) is 18.6 Å². The molecule has 3 rings (SSSR count). The monoisotopic (exact) mass is 335 g/mol. The first-order valence-corrected chi connectivity index (χ1v) is 8.66. The van der Waals surface area contributed by atoms with Crippen molar-refractivity contribution in [2.75, 3.05) is 13.1 Å². The van der Waals surface area contributed by atoms with Crippen molar-refractivity contribution in [1.29, 1.82) is 0 Å². The number of hydrogen-bond donors (Lipinski definition) is 1. The topological polar surface area (TPSA) is 84.7 Å². The van der Waals surface area contributed by atoms with E-state index in [9.17, 15) is 14.7 Å². The van der Waals surface area contributed by atoms with Crippen LogP contribution < -0.4 is 0 Å². The Hall–Kier alpha value is -1.89. The fourth-order valence-corrected chi connectivity index (χ4v) is 3.77. The first-order chi connectivity index (χ1) is 11.5. The Morgan fingerprint density at radius 2 is 1.96 bits per heavy atom. The highest BCUT2D eigenvalue weighted by Gasteiger charge is 2.35. The van der Waals surface area contributed by atoms with Crippen molar-refractivity contribution in [3.05, 3.63) is 17.5 Å². The molecule has 24 heavy (non-hydrogen) atoms. The van der Waals surface area contributed by atoms with Crippen LogP contribution in [0.15, 0.2) is 6.20 Å². The largest absolute Gasteiger partial charge is 0.479 e. The predicted octanol–water partition coefficient (Wildman–Crippen LogP) is 1.78. The molecule has 7 heteroatoms. The molecule has 0 radical (unpaired) electrons. The molecule has 1 saturated carbocycles. The van der Waals surface area contributed by atoms with Gasteiger partial charge in [-0.05, 0) is 19.8 Å². The predicted molar refractivity (Wildman–Crippen MR) is 86.9 cm³/mol. The molecule has 0 bridgehead atoms. The fraction of sp³-hybridized carbons (Fsp3) is 0.706. The quantitative estimate of drug-likeness (QED) is 0.910. The second kappa shape index (κ2) is 6.93. The number of morpholine rings is 1. The zero-order valence-electron chi connectivity index (χ0n) is 14.3. The number of aliphatic carboxylic acids is 1. The average Bonchev–Trinajstić information content (AvgIpc) is 2.96. The Bertz CT molecular complexity index is 621. The molecular formula is C17H25N3O4. The minimum absolute atomic E-state index is 0.0809. The highest BCUT2D eigenvalue weighted by atomic mass is 16.5. The Balaban J connectivity index is 1.82.